The van der Waals surface area contributed by atoms with Crippen molar-refractivity contribution in [1.29, 1.82) is 0 Å². The van der Waals surface area contributed by atoms with Gasteiger partial charge in [-0.3, -0.25) is 10.1 Å². The zero-order valence-corrected chi connectivity index (χ0v) is 17.0. The number of nitro benzene ring substituents is 1. The Morgan fingerprint density at radius 1 is 1.29 bits per heavy atom. The van der Waals surface area contributed by atoms with Crippen molar-refractivity contribution in [1.82, 2.24) is 15.2 Å². The first-order valence-electron chi connectivity index (χ1n) is 8.40. The third kappa shape index (κ3) is 3.52. The van der Waals surface area contributed by atoms with Crippen molar-refractivity contribution in [3.63, 3.8) is 0 Å². The Kier molecular flexibility index (Phi) is 5.14. The number of halogens is 1. The number of benzene rings is 2. The highest BCUT2D eigenvalue weighted by Crippen LogP contribution is 2.42. The largest absolute Gasteiger partial charge is 0.447 e. The lowest BCUT2D eigenvalue weighted by Gasteiger charge is -2.19. The standard InChI is InChI=1S/C18H14BrN5O3S/c1-2-28-18-21-17-15(22-23-18)12-9-10(19)7-8-13(12)20-16(27-17)11-5-3-4-6-14(11)24(25)26/h3-9,16,20H,2H2,1H3. The fraction of sp³-hybridized carbons (Fsp3) is 0.167. The summed E-state index contributed by atoms with van der Waals surface area (Å²) in [5.41, 5.74) is 2.31. The molecule has 142 valence electrons. The molecule has 1 atom stereocenters. The molecule has 1 unspecified atom stereocenters. The van der Waals surface area contributed by atoms with Crippen LogP contribution in [0.1, 0.15) is 18.7 Å². The van der Waals surface area contributed by atoms with E-state index < -0.39 is 11.2 Å². The Hall–Kier alpha value is -2.72. The van der Waals surface area contributed by atoms with Gasteiger partial charge in [0.25, 0.3) is 5.69 Å². The van der Waals surface area contributed by atoms with Crippen LogP contribution in [0.4, 0.5) is 11.4 Å². The van der Waals surface area contributed by atoms with Gasteiger partial charge in [-0.1, -0.05) is 46.7 Å². The molecule has 1 aliphatic rings. The Balaban J connectivity index is 1.88. The minimum atomic E-state index is -0.807. The average molecular weight is 460 g/mol. The van der Waals surface area contributed by atoms with Gasteiger partial charge in [0, 0.05) is 21.8 Å². The molecule has 10 heteroatoms. The number of nitrogens with zero attached hydrogens (tertiary/aromatic N) is 4. The third-order valence-electron chi connectivity index (χ3n) is 4.08. The first-order chi connectivity index (χ1) is 13.6. The van der Waals surface area contributed by atoms with E-state index in [2.05, 4.69) is 36.4 Å². The van der Waals surface area contributed by atoms with Gasteiger partial charge in [-0.15, -0.1) is 10.2 Å². The molecule has 0 bridgehead atoms. The lowest BCUT2D eigenvalue weighted by atomic mass is 10.1. The lowest BCUT2D eigenvalue weighted by molar-refractivity contribution is -0.386. The molecule has 0 spiro atoms. The molecule has 0 aliphatic carbocycles. The van der Waals surface area contributed by atoms with Crippen LogP contribution in [-0.2, 0) is 0 Å². The van der Waals surface area contributed by atoms with Crippen LogP contribution < -0.4 is 10.1 Å². The van der Waals surface area contributed by atoms with Crippen molar-refractivity contribution in [3.8, 4) is 17.1 Å². The summed E-state index contributed by atoms with van der Waals surface area (Å²) >= 11 is 4.91. The quantitative estimate of drug-likeness (QED) is 0.336. The van der Waals surface area contributed by atoms with Crippen LogP contribution in [0, 0.1) is 10.1 Å². The number of ether oxygens (including phenoxy) is 1. The van der Waals surface area contributed by atoms with Crippen LogP contribution in [-0.4, -0.2) is 25.9 Å². The van der Waals surface area contributed by atoms with Gasteiger partial charge in [0.2, 0.25) is 17.3 Å². The number of anilines is 1. The van der Waals surface area contributed by atoms with Crippen LogP contribution in [0.15, 0.2) is 52.1 Å². The summed E-state index contributed by atoms with van der Waals surface area (Å²) in [7, 11) is 0. The summed E-state index contributed by atoms with van der Waals surface area (Å²) in [5, 5.41) is 23.7. The highest BCUT2D eigenvalue weighted by molar-refractivity contribution is 9.10. The Morgan fingerprint density at radius 2 is 2.11 bits per heavy atom. The molecule has 0 saturated carbocycles. The smallest absolute Gasteiger partial charge is 0.278 e. The normalized spacial score (nSPS) is 14.9. The molecule has 8 nitrogen and oxygen atoms in total. The molecule has 2 aromatic carbocycles. The maximum atomic E-state index is 11.5. The number of nitro groups is 1. The number of rotatable bonds is 4. The van der Waals surface area contributed by atoms with Crippen LogP contribution in [0.3, 0.4) is 0 Å². The SMILES string of the molecule is CCSc1nnc2c(n1)OC(c1ccccc1[N+](=O)[O-])Nc1ccc(Br)cc1-2. The first kappa shape index (κ1) is 18.6. The lowest BCUT2D eigenvalue weighted by Crippen LogP contribution is -2.18. The summed E-state index contributed by atoms with van der Waals surface area (Å²) in [6.07, 6.45) is -0.807. The molecule has 4 rings (SSSR count). The number of thioether (sulfide) groups is 1. The van der Waals surface area contributed by atoms with Crippen LogP contribution >= 0.6 is 27.7 Å². The van der Waals surface area contributed by atoms with Gasteiger partial charge in [0.1, 0.15) is 0 Å². The van der Waals surface area contributed by atoms with E-state index in [9.17, 15) is 10.1 Å². The van der Waals surface area contributed by atoms with E-state index in [4.69, 9.17) is 4.74 Å². The van der Waals surface area contributed by atoms with E-state index in [-0.39, 0.29) is 11.6 Å². The van der Waals surface area contributed by atoms with Gasteiger partial charge in [0.15, 0.2) is 5.69 Å². The number of para-hydroxylation sites is 1. The van der Waals surface area contributed by atoms with Gasteiger partial charge in [-0.05, 0) is 30.0 Å². The predicted octanol–water partition coefficient (Wildman–Crippen LogP) is 4.82. The van der Waals surface area contributed by atoms with E-state index in [1.165, 1.54) is 17.8 Å². The molecule has 0 amide bonds. The summed E-state index contributed by atoms with van der Waals surface area (Å²) in [5.74, 6) is 1.06. The van der Waals surface area contributed by atoms with Crippen LogP contribution in [0.5, 0.6) is 5.88 Å². The minimum absolute atomic E-state index is 0.0349. The molecule has 0 fully saturated rings. The second-order valence-corrected chi connectivity index (χ2v) is 7.98. The fourth-order valence-corrected chi connectivity index (χ4v) is 3.74. The van der Waals surface area contributed by atoms with Crippen molar-refractivity contribution in [2.24, 2.45) is 0 Å². The van der Waals surface area contributed by atoms with E-state index in [1.54, 1.807) is 18.2 Å². The maximum Gasteiger partial charge on any atom is 0.278 e. The molecule has 1 aliphatic heterocycles. The Morgan fingerprint density at radius 3 is 2.89 bits per heavy atom. The zero-order chi connectivity index (χ0) is 19.7. The van der Waals surface area contributed by atoms with Gasteiger partial charge in [-0.25, -0.2) is 0 Å². The molecule has 2 heterocycles. The van der Waals surface area contributed by atoms with Gasteiger partial charge in [-0.2, -0.15) is 4.98 Å². The first-order valence-corrected chi connectivity index (χ1v) is 10.2. The average Bonchev–Trinajstić information content (AvgIpc) is 2.84. The van der Waals surface area contributed by atoms with Crippen molar-refractivity contribution >= 4 is 39.1 Å². The van der Waals surface area contributed by atoms with Crippen LogP contribution in [0.25, 0.3) is 11.3 Å². The number of hydrogen-bond donors (Lipinski definition) is 1. The van der Waals surface area contributed by atoms with Gasteiger partial charge in [0.05, 0.1) is 10.5 Å². The highest BCUT2D eigenvalue weighted by Gasteiger charge is 2.30. The molecule has 0 saturated heterocycles. The maximum absolute atomic E-state index is 11.5. The summed E-state index contributed by atoms with van der Waals surface area (Å²) in [4.78, 5) is 15.6. The van der Waals surface area contributed by atoms with Crippen molar-refractivity contribution in [2.75, 3.05) is 11.1 Å². The highest BCUT2D eigenvalue weighted by atomic mass is 79.9. The number of hydrogen-bond acceptors (Lipinski definition) is 8. The summed E-state index contributed by atoms with van der Waals surface area (Å²) in [6.45, 7) is 1.99. The van der Waals surface area contributed by atoms with E-state index in [0.29, 0.717) is 16.4 Å². The third-order valence-corrected chi connectivity index (χ3v) is 5.29. The van der Waals surface area contributed by atoms with E-state index >= 15 is 0 Å². The second kappa shape index (κ2) is 7.72. The van der Waals surface area contributed by atoms with E-state index in [0.717, 1.165) is 21.5 Å². The second-order valence-electron chi connectivity index (χ2n) is 5.83. The summed E-state index contributed by atoms with van der Waals surface area (Å²) < 4.78 is 6.94. The topological polar surface area (TPSA) is 103 Å². The molecule has 1 N–H and O–H groups in total. The zero-order valence-electron chi connectivity index (χ0n) is 14.6. The number of aromatic nitrogens is 3. The fourth-order valence-electron chi connectivity index (χ4n) is 2.88. The molecule has 1 aromatic heterocycles. The monoisotopic (exact) mass is 459 g/mol. The van der Waals surface area contributed by atoms with E-state index in [1.807, 2.05) is 25.1 Å². The van der Waals surface area contributed by atoms with Crippen molar-refractivity contribution in [2.45, 2.75) is 18.3 Å². The molecule has 0 radical (unpaired) electrons. The van der Waals surface area contributed by atoms with Crippen molar-refractivity contribution < 1.29 is 9.66 Å². The molecular formula is C18H14BrN5O3S. The Bertz CT molecular complexity index is 1070. The molecule has 28 heavy (non-hydrogen) atoms. The number of fused-ring (bicyclic) bond motifs is 3. The van der Waals surface area contributed by atoms with Gasteiger partial charge < -0.3 is 10.1 Å². The minimum Gasteiger partial charge on any atom is -0.447 e. The van der Waals surface area contributed by atoms with Crippen LogP contribution in [0.2, 0.25) is 0 Å². The Labute approximate surface area is 173 Å². The number of nitrogens with one attached hydrogen (secondary N) is 1. The summed E-state index contributed by atoms with van der Waals surface area (Å²) in [6, 6.07) is 12.1. The molecular weight excluding hydrogens is 446 g/mol. The molecule has 3 aromatic rings. The van der Waals surface area contributed by atoms with Crippen molar-refractivity contribution in [3.05, 3.63) is 62.6 Å². The predicted molar refractivity (Wildman–Crippen MR) is 109 cm³/mol. The van der Waals surface area contributed by atoms with Gasteiger partial charge >= 0.3 is 0 Å².